The predicted octanol–water partition coefficient (Wildman–Crippen LogP) is 3.24. The quantitative estimate of drug-likeness (QED) is 0.648. The third kappa shape index (κ3) is 3.66. The number of hydrogen-bond donors (Lipinski definition) is 2. The Bertz CT molecular complexity index is 678. The van der Waals surface area contributed by atoms with Gasteiger partial charge in [0, 0.05) is 0 Å². The number of alkyl halides is 5. The van der Waals surface area contributed by atoms with Crippen LogP contribution in [0.15, 0.2) is 42.1 Å². The maximum Gasteiger partial charge on any atom is 0.416 e. The molecule has 0 aliphatic carbocycles. The molecule has 0 atom stereocenters. The van der Waals surface area contributed by atoms with E-state index in [-0.39, 0.29) is 12.3 Å². The number of halogens is 5. The van der Waals surface area contributed by atoms with E-state index >= 15 is 0 Å². The van der Waals surface area contributed by atoms with Crippen molar-refractivity contribution in [2.75, 3.05) is 6.61 Å². The van der Waals surface area contributed by atoms with Gasteiger partial charge in [0.2, 0.25) is 0 Å². The first-order valence-electron chi connectivity index (χ1n) is 6.83. The van der Waals surface area contributed by atoms with Crippen molar-refractivity contribution in [3.8, 4) is 0 Å². The Morgan fingerprint density at radius 2 is 1.67 bits per heavy atom. The van der Waals surface area contributed by atoms with Gasteiger partial charge in [-0.2, -0.15) is 22.0 Å². The maximum atomic E-state index is 13.8. The average Bonchev–Trinajstić information content (AvgIpc) is 2.54. The van der Waals surface area contributed by atoms with Crippen LogP contribution in [0.2, 0.25) is 0 Å². The van der Waals surface area contributed by atoms with Crippen LogP contribution in [0.4, 0.5) is 22.0 Å². The molecule has 1 aliphatic heterocycles. The topological polar surface area (TPSA) is 50.4 Å². The third-order valence-electron chi connectivity index (χ3n) is 3.14. The van der Waals surface area contributed by atoms with E-state index in [0.717, 1.165) is 18.2 Å². The highest BCUT2D eigenvalue weighted by atomic mass is 19.4. The molecular weight excluding hydrogens is 335 g/mol. The number of ether oxygens (including phenoxy) is 1. The van der Waals surface area contributed by atoms with E-state index in [2.05, 4.69) is 15.6 Å². The second-order valence-electron chi connectivity index (χ2n) is 4.78. The number of carbonyl (C=O) groups is 1. The molecule has 0 radical (unpaired) electrons. The van der Waals surface area contributed by atoms with Gasteiger partial charge in [0.1, 0.15) is 5.70 Å². The Balaban J connectivity index is 2.20. The molecule has 1 heterocycles. The number of esters is 1. The minimum Gasteiger partial charge on any atom is -0.461 e. The van der Waals surface area contributed by atoms with E-state index < -0.39 is 29.3 Å². The van der Waals surface area contributed by atoms with Gasteiger partial charge in [0.05, 0.1) is 17.9 Å². The molecule has 0 bridgehead atoms. The molecule has 0 fully saturated rings. The highest BCUT2D eigenvalue weighted by Gasteiger charge is 2.45. The molecule has 130 valence electrons. The number of hydrazine groups is 1. The summed E-state index contributed by atoms with van der Waals surface area (Å²) < 4.78 is 69.4. The second-order valence-corrected chi connectivity index (χ2v) is 4.78. The van der Waals surface area contributed by atoms with Crippen LogP contribution in [0, 0.1) is 0 Å². The van der Waals surface area contributed by atoms with Gasteiger partial charge in [-0.1, -0.05) is 12.1 Å². The number of allylic oxidation sites excluding steroid dienone is 2. The molecule has 0 amide bonds. The van der Waals surface area contributed by atoms with E-state index in [4.69, 9.17) is 0 Å². The average molecular weight is 348 g/mol. The molecule has 24 heavy (non-hydrogen) atoms. The lowest BCUT2D eigenvalue weighted by molar-refractivity contribution is -0.166. The summed E-state index contributed by atoms with van der Waals surface area (Å²) in [5.74, 6) is -5.57. The zero-order valence-electron chi connectivity index (χ0n) is 12.4. The molecule has 9 heteroatoms. The molecule has 0 unspecified atom stereocenters. The van der Waals surface area contributed by atoms with Crippen LogP contribution in [-0.2, 0) is 15.7 Å². The fourth-order valence-corrected chi connectivity index (χ4v) is 1.91. The molecular formula is C15H13F5N2O2. The fraction of sp³-hybridized carbons (Fsp3) is 0.267. The van der Waals surface area contributed by atoms with E-state index in [1.807, 2.05) is 0 Å². The Hall–Kier alpha value is -2.58. The summed E-state index contributed by atoms with van der Waals surface area (Å²) >= 11 is 0. The Morgan fingerprint density at radius 1 is 1.04 bits per heavy atom. The molecule has 1 aromatic carbocycles. The summed E-state index contributed by atoms with van der Waals surface area (Å²) in [6, 6.07) is 4.16. The van der Waals surface area contributed by atoms with Crippen molar-refractivity contribution in [2.24, 2.45) is 0 Å². The van der Waals surface area contributed by atoms with Gasteiger partial charge in [-0.05, 0) is 36.8 Å². The van der Waals surface area contributed by atoms with E-state index in [0.29, 0.717) is 5.56 Å². The highest BCUT2D eigenvalue weighted by Crippen LogP contribution is 2.30. The van der Waals surface area contributed by atoms with Gasteiger partial charge in [0.25, 0.3) is 0 Å². The molecule has 1 aromatic rings. The van der Waals surface area contributed by atoms with Gasteiger partial charge in [-0.15, -0.1) is 0 Å². The van der Waals surface area contributed by atoms with Gasteiger partial charge in [0.15, 0.2) is 0 Å². The van der Waals surface area contributed by atoms with Crippen molar-refractivity contribution >= 4 is 11.7 Å². The number of rotatable bonds is 4. The lowest BCUT2D eigenvalue weighted by atomic mass is 10.1. The summed E-state index contributed by atoms with van der Waals surface area (Å²) in [5.41, 5.74) is 3.66. The first kappa shape index (κ1) is 17.8. The summed E-state index contributed by atoms with van der Waals surface area (Å²) in [6.45, 7) is 1.21. The van der Waals surface area contributed by atoms with Crippen molar-refractivity contribution in [3.63, 3.8) is 0 Å². The molecule has 0 aromatic heterocycles. The van der Waals surface area contributed by atoms with Crippen molar-refractivity contribution in [2.45, 2.75) is 19.0 Å². The van der Waals surface area contributed by atoms with E-state index in [1.54, 1.807) is 0 Å². The minimum absolute atomic E-state index is 0.193. The lowest BCUT2D eigenvalue weighted by Gasteiger charge is -2.24. The maximum absolute atomic E-state index is 13.8. The number of nitrogens with one attached hydrogen (secondary N) is 2. The summed E-state index contributed by atoms with van der Waals surface area (Å²) in [7, 11) is 0. The van der Waals surface area contributed by atoms with Crippen molar-refractivity contribution in [1.29, 1.82) is 0 Å². The Kier molecular flexibility index (Phi) is 4.81. The van der Waals surface area contributed by atoms with Crippen LogP contribution >= 0.6 is 0 Å². The molecule has 1 aliphatic rings. The zero-order valence-corrected chi connectivity index (χ0v) is 12.4. The Labute approximate surface area is 134 Å². The van der Waals surface area contributed by atoms with Crippen molar-refractivity contribution in [1.82, 2.24) is 10.9 Å². The molecule has 4 nitrogen and oxygen atoms in total. The van der Waals surface area contributed by atoms with Crippen molar-refractivity contribution in [3.05, 3.63) is 53.2 Å². The van der Waals surface area contributed by atoms with E-state index in [1.165, 1.54) is 25.1 Å². The largest absolute Gasteiger partial charge is 0.461 e. The zero-order chi connectivity index (χ0) is 18.0. The van der Waals surface area contributed by atoms with Crippen LogP contribution in [0.25, 0.3) is 5.70 Å². The summed E-state index contributed by atoms with van der Waals surface area (Å²) in [5, 5.41) is 0. The summed E-state index contributed by atoms with van der Waals surface area (Å²) in [4.78, 5) is 11.2. The van der Waals surface area contributed by atoms with Gasteiger partial charge < -0.3 is 10.2 Å². The predicted molar refractivity (Wildman–Crippen MR) is 75.4 cm³/mol. The smallest absolute Gasteiger partial charge is 0.416 e. The normalized spacial score (nSPS) is 14.9. The first-order valence-corrected chi connectivity index (χ1v) is 6.83. The minimum atomic E-state index is -4.46. The standard InChI is InChI=1S/C15H13F5N2O2/c1-2-24-13(23)14(16,17)12-8-7-11(21-22-12)9-3-5-10(6-4-9)15(18,19)20/h3-8,21-22H,2H2,1H3. The number of carbonyl (C=O) groups excluding carboxylic acids is 1. The van der Waals surface area contributed by atoms with Gasteiger partial charge in [-0.25, -0.2) is 4.79 Å². The van der Waals surface area contributed by atoms with Crippen molar-refractivity contribution < 1.29 is 31.5 Å². The van der Waals surface area contributed by atoms with Crippen LogP contribution < -0.4 is 10.9 Å². The molecule has 0 saturated carbocycles. The number of hydrogen-bond acceptors (Lipinski definition) is 4. The van der Waals surface area contributed by atoms with Crippen LogP contribution in [-0.4, -0.2) is 18.5 Å². The monoisotopic (exact) mass is 348 g/mol. The molecule has 2 N–H and O–H groups in total. The van der Waals surface area contributed by atoms with Crippen LogP contribution in [0.1, 0.15) is 18.1 Å². The fourth-order valence-electron chi connectivity index (χ4n) is 1.91. The molecule has 2 rings (SSSR count). The highest BCUT2D eigenvalue weighted by molar-refractivity contribution is 5.82. The van der Waals surface area contributed by atoms with E-state index in [9.17, 15) is 26.7 Å². The third-order valence-corrected chi connectivity index (χ3v) is 3.14. The van der Waals surface area contributed by atoms with Crippen LogP contribution in [0.3, 0.4) is 0 Å². The second kappa shape index (κ2) is 6.50. The molecule has 0 spiro atoms. The first-order chi connectivity index (χ1) is 11.2. The van der Waals surface area contributed by atoms with Gasteiger partial charge >= 0.3 is 18.1 Å². The van der Waals surface area contributed by atoms with Gasteiger partial charge in [-0.3, -0.25) is 5.43 Å². The number of benzene rings is 1. The summed E-state index contributed by atoms with van der Waals surface area (Å²) in [6.07, 6.45) is -2.28. The Morgan fingerprint density at radius 3 is 2.12 bits per heavy atom. The molecule has 0 saturated heterocycles. The van der Waals surface area contributed by atoms with Crippen LogP contribution in [0.5, 0.6) is 0 Å². The SMILES string of the molecule is CCOC(=O)C(F)(F)C1=CC=C(c2ccc(C(F)(F)F)cc2)NN1. The lowest BCUT2D eigenvalue weighted by Crippen LogP contribution is -2.44.